The van der Waals surface area contributed by atoms with Gasteiger partial charge in [0.05, 0.1) is 0 Å². The van der Waals surface area contributed by atoms with E-state index in [4.69, 9.17) is 13.3 Å². The molecule has 0 fully saturated rings. The van der Waals surface area contributed by atoms with Crippen LogP contribution in [0.1, 0.15) is 11.1 Å². The first-order chi connectivity index (χ1) is 11.7. The fraction of sp³-hybridized carbons (Fsp3) is 0.200. The van der Waals surface area contributed by atoms with Gasteiger partial charge in [-0.15, -0.1) is 0 Å². The molecule has 0 bridgehead atoms. The molecule has 0 saturated heterocycles. The van der Waals surface area contributed by atoms with Gasteiger partial charge >= 0.3 is 8.80 Å². The fourth-order valence-corrected chi connectivity index (χ4v) is 4.88. The predicted octanol–water partition coefficient (Wildman–Crippen LogP) is 3.52. The van der Waals surface area contributed by atoms with Crippen LogP contribution in [0.5, 0.6) is 0 Å². The van der Waals surface area contributed by atoms with Gasteiger partial charge in [0.15, 0.2) is 0 Å². The number of hydrogen-bond acceptors (Lipinski definition) is 3. The maximum Gasteiger partial charge on any atom is 0.536 e. The molecule has 0 N–H and O–H groups in total. The van der Waals surface area contributed by atoms with Crippen LogP contribution < -0.4 is 5.19 Å². The van der Waals surface area contributed by atoms with Crippen LogP contribution in [0.4, 0.5) is 0 Å². The minimum absolute atomic E-state index is 0.892. The Bertz CT molecular complexity index is 797. The molecule has 3 aromatic carbocycles. The van der Waals surface area contributed by atoms with E-state index >= 15 is 0 Å². The molecule has 0 heterocycles. The smallest absolute Gasteiger partial charge is 0.373 e. The van der Waals surface area contributed by atoms with Crippen LogP contribution >= 0.6 is 0 Å². The summed E-state index contributed by atoms with van der Waals surface area (Å²) in [5, 5.41) is 3.55. The zero-order chi connectivity index (χ0) is 17.0. The van der Waals surface area contributed by atoms with Gasteiger partial charge in [0.2, 0.25) is 0 Å². The second kappa shape index (κ2) is 7.28. The normalized spacial score (nSPS) is 11.8. The van der Waals surface area contributed by atoms with Crippen LogP contribution in [0, 0.1) is 0 Å². The molecule has 3 rings (SSSR count). The van der Waals surface area contributed by atoms with E-state index in [-0.39, 0.29) is 0 Å². The highest BCUT2D eigenvalue weighted by atomic mass is 28.4. The molecule has 0 aliphatic carbocycles. The molecular formula is C20H22O3Si. The van der Waals surface area contributed by atoms with Crippen molar-refractivity contribution in [2.75, 3.05) is 21.3 Å². The zero-order valence-corrected chi connectivity index (χ0v) is 15.3. The summed E-state index contributed by atoms with van der Waals surface area (Å²) in [4.78, 5) is 0. The molecule has 0 amide bonds. The highest BCUT2D eigenvalue weighted by molar-refractivity contribution is 6.75. The van der Waals surface area contributed by atoms with Gasteiger partial charge in [0.1, 0.15) is 0 Å². The number of benzene rings is 3. The molecule has 0 aromatic heterocycles. The van der Waals surface area contributed by atoms with E-state index in [1.807, 2.05) is 12.1 Å². The van der Waals surface area contributed by atoms with Crippen LogP contribution in [0.2, 0.25) is 0 Å². The molecule has 3 aromatic rings. The maximum absolute atomic E-state index is 5.53. The lowest BCUT2D eigenvalue weighted by Gasteiger charge is -2.24. The Morgan fingerprint density at radius 3 is 2.00 bits per heavy atom. The van der Waals surface area contributed by atoms with Gasteiger partial charge in [-0.05, 0) is 28.3 Å². The third-order valence-corrected chi connectivity index (χ3v) is 7.04. The summed E-state index contributed by atoms with van der Waals surface area (Å²) < 4.78 is 16.6. The third kappa shape index (κ3) is 3.14. The van der Waals surface area contributed by atoms with Crippen LogP contribution in [-0.2, 0) is 19.7 Å². The minimum Gasteiger partial charge on any atom is -0.373 e. The summed E-state index contributed by atoms with van der Waals surface area (Å²) >= 11 is 0. The van der Waals surface area contributed by atoms with Gasteiger partial charge in [-0.2, -0.15) is 0 Å². The van der Waals surface area contributed by atoms with Crippen LogP contribution in [0.3, 0.4) is 0 Å². The summed E-state index contributed by atoms with van der Waals surface area (Å²) in [6.45, 7) is 0. The van der Waals surface area contributed by atoms with Crippen molar-refractivity contribution in [3.05, 3.63) is 77.9 Å². The van der Waals surface area contributed by atoms with Crippen molar-refractivity contribution in [1.82, 2.24) is 0 Å². The molecule has 0 aliphatic heterocycles. The van der Waals surface area contributed by atoms with Crippen molar-refractivity contribution in [3.8, 4) is 0 Å². The third-order valence-electron chi connectivity index (χ3n) is 4.39. The highest BCUT2D eigenvalue weighted by Gasteiger charge is 2.40. The molecular weight excluding hydrogens is 316 g/mol. The molecule has 0 radical (unpaired) electrons. The van der Waals surface area contributed by atoms with Crippen molar-refractivity contribution in [3.63, 3.8) is 0 Å². The SMILES string of the molecule is CO[Si](OC)(OC)c1ccc(Cc2cccc3ccccc23)cc1. The van der Waals surface area contributed by atoms with Gasteiger partial charge in [-0.3, -0.25) is 0 Å². The minimum atomic E-state index is -2.75. The maximum atomic E-state index is 5.53. The van der Waals surface area contributed by atoms with E-state index in [1.165, 1.54) is 21.9 Å². The molecule has 0 atom stereocenters. The zero-order valence-electron chi connectivity index (χ0n) is 14.3. The lowest BCUT2D eigenvalue weighted by molar-refractivity contribution is 0.140. The van der Waals surface area contributed by atoms with E-state index in [9.17, 15) is 0 Å². The topological polar surface area (TPSA) is 27.7 Å². The summed E-state index contributed by atoms with van der Waals surface area (Å²) in [5.41, 5.74) is 2.58. The Kier molecular flexibility index (Phi) is 5.11. The molecule has 0 unspecified atom stereocenters. The average Bonchev–Trinajstić information content (AvgIpc) is 2.65. The standard InChI is InChI=1S/C20H22O3Si/c1-21-24(22-2,23-3)19-13-11-16(12-14-19)15-18-9-6-8-17-7-4-5-10-20(17)18/h4-14H,15H2,1-3H3. The molecule has 0 saturated carbocycles. The van der Waals surface area contributed by atoms with E-state index in [0.29, 0.717) is 0 Å². The first kappa shape index (κ1) is 16.9. The predicted molar refractivity (Wildman–Crippen MR) is 99.6 cm³/mol. The number of fused-ring (bicyclic) bond motifs is 1. The van der Waals surface area contributed by atoms with Crippen molar-refractivity contribution in [2.24, 2.45) is 0 Å². The molecule has 0 spiro atoms. The van der Waals surface area contributed by atoms with Crippen LogP contribution in [0.15, 0.2) is 66.7 Å². The average molecular weight is 338 g/mol. The second-order valence-electron chi connectivity index (χ2n) is 5.68. The lowest BCUT2D eigenvalue weighted by Crippen LogP contribution is -2.54. The molecule has 0 aliphatic rings. The van der Waals surface area contributed by atoms with Crippen LogP contribution in [-0.4, -0.2) is 30.1 Å². The molecule has 3 nitrogen and oxygen atoms in total. The Morgan fingerprint density at radius 1 is 0.708 bits per heavy atom. The van der Waals surface area contributed by atoms with Gasteiger partial charge in [0.25, 0.3) is 0 Å². The van der Waals surface area contributed by atoms with Gasteiger partial charge < -0.3 is 13.3 Å². The second-order valence-corrected chi connectivity index (χ2v) is 8.59. The van der Waals surface area contributed by atoms with Crippen molar-refractivity contribution < 1.29 is 13.3 Å². The van der Waals surface area contributed by atoms with Gasteiger partial charge in [-0.25, -0.2) is 0 Å². The van der Waals surface area contributed by atoms with E-state index in [2.05, 4.69) is 54.6 Å². The number of hydrogen-bond donors (Lipinski definition) is 0. The van der Waals surface area contributed by atoms with E-state index < -0.39 is 8.80 Å². The Labute approximate surface area is 144 Å². The Hall–Kier alpha value is -1.98. The van der Waals surface area contributed by atoms with Gasteiger partial charge in [-0.1, -0.05) is 66.7 Å². The van der Waals surface area contributed by atoms with Gasteiger partial charge in [0, 0.05) is 26.5 Å². The molecule has 4 heteroatoms. The summed E-state index contributed by atoms with van der Waals surface area (Å²) in [7, 11) is 2.13. The van der Waals surface area contributed by atoms with Crippen molar-refractivity contribution in [1.29, 1.82) is 0 Å². The quantitative estimate of drug-likeness (QED) is 0.644. The summed E-state index contributed by atoms with van der Waals surface area (Å²) in [6.07, 6.45) is 0.892. The summed E-state index contributed by atoms with van der Waals surface area (Å²) in [5.74, 6) is 0. The molecule has 24 heavy (non-hydrogen) atoms. The van der Waals surface area contributed by atoms with Crippen LogP contribution in [0.25, 0.3) is 10.8 Å². The van der Waals surface area contributed by atoms with E-state index in [0.717, 1.165) is 11.6 Å². The lowest BCUT2D eigenvalue weighted by atomic mass is 9.99. The monoisotopic (exact) mass is 338 g/mol. The molecule has 124 valence electrons. The summed E-state index contributed by atoms with van der Waals surface area (Å²) in [6, 6.07) is 23.3. The highest BCUT2D eigenvalue weighted by Crippen LogP contribution is 2.21. The Balaban J connectivity index is 1.89. The Morgan fingerprint density at radius 2 is 1.33 bits per heavy atom. The number of rotatable bonds is 6. The largest absolute Gasteiger partial charge is 0.536 e. The first-order valence-corrected chi connectivity index (χ1v) is 9.66. The fourth-order valence-electron chi connectivity index (χ4n) is 3.10. The van der Waals surface area contributed by atoms with Crippen molar-refractivity contribution >= 4 is 24.8 Å². The van der Waals surface area contributed by atoms with E-state index in [1.54, 1.807) is 21.3 Å². The van der Waals surface area contributed by atoms with Crippen molar-refractivity contribution in [2.45, 2.75) is 6.42 Å². The first-order valence-electron chi connectivity index (χ1n) is 7.94.